The Bertz CT molecular complexity index is 638. The Balaban J connectivity index is 2.44. The molecule has 0 aliphatic heterocycles. The highest BCUT2D eigenvalue weighted by molar-refractivity contribution is 9.10. The number of hydrogen-bond donors (Lipinski definition) is 1. The van der Waals surface area contributed by atoms with E-state index in [1.54, 1.807) is 0 Å². The van der Waals surface area contributed by atoms with E-state index >= 15 is 0 Å². The Kier molecular flexibility index (Phi) is 4.58. The predicted molar refractivity (Wildman–Crippen MR) is 84.7 cm³/mol. The van der Waals surface area contributed by atoms with E-state index in [0.29, 0.717) is 5.69 Å². The van der Waals surface area contributed by atoms with Crippen LogP contribution in [0.4, 0.5) is 10.5 Å². The van der Waals surface area contributed by atoms with E-state index < -0.39 is 6.09 Å². The molecule has 0 saturated carbocycles. The third kappa shape index (κ3) is 3.08. The van der Waals surface area contributed by atoms with Crippen LogP contribution in [-0.2, 0) is 4.74 Å². The van der Waals surface area contributed by atoms with Gasteiger partial charge in [0, 0.05) is 10.0 Å². The van der Waals surface area contributed by atoms with Crippen molar-refractivity contribution >= 4 is 33.3 Å². The molecule has 3 nitrogen and oxygen atoms in total. The Morgan fingerprint density at radius 3 is 2.50 bits per heavy atom. The fraction of sp³-hybridized carbons (Fsp3) is 0.0625. The summed E-state index contributed by atoms with van der Waals surface area (Å²) in [6.07, 6.45) is -0.515. The zero-order chi connectivity index (χ0) is 14.5. The second-order valence-electron chi connectivity index (χ2n) is 4.12. The minimum atomic E-state index is -0.515. The molecule has 1 amide bonds. The Hall–Kier alpha value is -2.07. The largest absolute Gasteiger partial charge is 0.453 e. The molecule has 4 heteroatoms. The van der Waals surface area contributed by atoms with Gasteiger partial charge in [-0.3, -0.25) is 5.32 Å². The molecule has 0 aliphatic rings. The first kappa shape index (κ1) is 14.3. The minimum absolute atomic E-state index is 0.515. The Morgan fingerprint density at radius 2 is 1.85 bits per heavy atom. The summed E-state index contributed by atoms with van der Waals surface area (Å²) in [7, 11) is 1.33. The van der Waals surface area contributed by atoms with E-state index in [1.165, 1.54) is 7.11 Å². The quantitative estimate of drug-likeness (QED) is 0.886. The topological polar surface area (TPSA) is 38.3 Å². The molecule has 0 fully saturated rings. The van der Waals surface area contributed by atoms with Gasteiger partial charge in [-0.25, -0.2) is 4.79 Å². The first-order valence-corrected chi connectivity index (χ1v) is 6.81. The average molecular weight is 332 g/mol. The number of rotatable bonds is 3. The lowest BCUT2D eigenvalue weighted by Gasteiger charge is -2.14. The number of nitrogens with one attached hydrogen (secondary N) is 1. The normalized spacial score (nSPS) is 9.90. The highest BCUT2D eigenvalue weighted by Crippen LogP contribution is 2.33. The summed E-state index contributed by atoms with van der Waals surface area (Å²) in [4.78, 5) is 11.5. The molecular weight excluding hydrogens is 318 g/mol. The van der Waals surface area contributed by atoms with Crippen molar-refractivity contribution in [2.45, 2.75) is 0 Å². The Morgan fingerprint density at radius 1 is 1.15 bits per heavy atom. The maximum atomic E-state index is 11.5. The van der Waals surface area contributed by atoms with Gasteiger partial charge in [0.2, 0.25) is 0 Å². The lowest BCUT2D eigenvalue weighted by Crippen LogP contribution is -2.13. The highest BCUT2D eigenvalue weighted by Gasteiger charge is 2.13. The van der Waals surface area contributed by atoms with Crippen LogP contribution in [0.3, 0.4) is 0 Å². The van der Waals surface area contributed by atoms with Crippen molar-refractivity contribution in [3.63, 3.8) is 0 Å². The summed E-state index contributed by atoms with van der Waals surface area (Å²) in [6, 6.07) is 15.5. The second kappa shape index (κ2) is 6.39. The number of anilines is 1. The maximum absolute atomic E-state index is 11.5. The number of hydrogen-bond acceptors (Lipinski definition) is 2. The lowest BCUT2D eigenvalue weighted by atomic mass is 9.98. The van der Waals surface area contributed by atoms with Gasteiger partial charge in [-0.2, -0.15) is 0 Å². The summed E-state index contributed by atoms with van der Waals surface area (Å²) >= 11 is 3.43. The summed E-state index contributed by atoms with van der Waals surface area (Å²) < 4.78 is 5.42. The number of amides is 1. The molecule has 0 heterocycles. The molecule has 0 spiro atoms. The van der Waals surface area contributed by atoms with Gasteiger partial charge in [-0.15, -0.1) is 0 Å². The van der Waals surface area contributed by atoms with Gasteiger partial charge in [0.15, 0.2) is 0 Å². The molecule has 0 saturated heterocycles. The molecule has 0 bridgehead atoms. The number of ether oxygens (including phenoxy) is 1. The van der Waals surface area contributed by atoms with Crippen molar-refractivity contribution in [3.05, 3.63) is 70.7 Å². The molecule has 20 heavy (non-hydrogen) atoms. The summed E-state index contributed by atoms with van der Waals surface area (Å²) in [5, 5.41) is 2.71. The van der Waals surface area contributed by atoms with E-state index in [4.69, 9.17) is 0 Å². The number of carbonyl (C=O) groups is 1. The van der Waals surface area contributed by atoms with Crippen molar-refractivity contribution in [2.24, 2.45) is 0 Å². The van der Waals surface area contributed by atoms with Gasteiger partial charge in [0.25, 0.3) is 0 Å². The summed E-state index contributed by atoms with van der Waals surface area (Å²) in [5.41, 5.74) is 3.32. The monoisotopic (exact) mass is 331 g/mol. The molecule has 0 atom stereocenters. The van der Waals surface area contributed by atoms with Gasteiger partial charge >= 0.3 is 6.09 Å². The van der Waals surface area contributed by atoms with Crippen molar-refractivity contribution in [3.8, 4) is 0 Å². The summed E-state index contributed by atoms with van der Waals surface area (Å²) in [5.74, 6) is 0. The van der Waals surface area contributed by atoms with Crippen LogP contribution in [0, 0.1) is 0 Å². The van der Waals surface area contributed by atoms with Crippen LogP contribution in [0.5, 0.6) is 0 Å². The zero-order valence-corrected chi connectivity index (χ0v) is 12.6. The minimum Gasteiger partial charge on any atom is -0.453 e. The molecule has 2 aromatic rings. The van der Waals surface area contributed by atoms with Crippen LogP contribution in [-0.4, -0.2) is 13.2 Å². The molecular formula is C16H14BrNO2. The molecule has 0 unspecified atom stereocenters. The van der Waals surface area contributed by atoms with Crippen LogP contribution < -0.4 is 5.32 Å². The van der Waals surface area contributed by atoms with Crippen LogP contribution in [0.2, 0.25) is 0 Å². The molecule has 102 valence electrons. The number of benzene rings is 2. The second-order valence-corrected chi connectivity index (χ2v) is 4.98. The lowest BCUT2D eigenvalue weighted by molar-refractivity contribution is 0.187. The van der Waals surface area contributed by atoms with E-state index in [2.05, 4.69) is 32.6 Å². The van der Waals surface area contributed by atoms with Crippen molar-refractivity contribution in [2.75, 3.05) is 12.4 Å². The van der Waals surface area contributed by atoms with E-state index in [-0.39, 0.29) is 0 Å². The van der Waals surface area contributed by atoms with Gasteiger partial charge in [0.1, 0.15) is 0 Å². The fourth-order valence-electron chi connectivity index (χ4n) is 1.85. The highest BCUT2D eigenvalue weighted by atomic mass is 79.9. The van der Waals surface area contributed by atoms with Gasteiger partial charge in [0.05, 0.1) is 12.8 Å². The molecule has 1 N–H and O–H groups in total. The SMILES string of the molecule is C=C(c1ccccc1)c1cccc(Br)c1NC(=O)OC. The molecule has 2 rings (SSSR count). The van der Waals surface area contributed by atoms with Gasteiger partial charge < -0.3 is 4.74 Å². The zero-order valence-electron chi connectivity index (χ0n) is 11.0. The van der Waals surface area contributed by atoms with E-state index in [0.717, 1.165) is 21.2 Å². The maximum Gasteiger partial charge on any atom is 0.411 e. The van der Waals surface area contributed by atoms with Gasteiger partial charge in [-0.05, 0) is 33.1 Å². The molecule has 0 aromatic heterocycles. The van der Waals surface area contributed by atoms with Crippen molar-refractivity contribution in [1.82, 2.24) is 0 Å². The smallest absolute Gasteiger partial charge is 0.411 e. The first-order valence-electron chi connectivity index (χ1n) is 6.01. The van der Waals surface area contributed by atoms with Crippen LogP contribution in [0.15, 0.2) is 59.6 Å². The van der Waals surface area contributed by atoms with Crippen LogP contribution >= 0.6 is 15.9 Å². The third-order valence-corrected chi connectivity index (χ3v) is 3.53. The number of halogens is 1. The number of para-hydroxylation sites is 1. The van der Waals surface area contributed by atoms with Crippen LogP contribution in [0.1, 0.15) is 11.1 Å². The van der Waals surface area contributed by atoms with E-state index in [9.17, 15) is 4.79 Å². The van der Waals surface area contributed by atoms with Crippen LogP contribution in [0.25, 0.3) is 5.57 Å². The molecule has 0 radical (unpaired) electrons. The molecule has 2 aromatic carbocycles. The van der Waals surface area contributed by atoms with Crippen molar-refractivity contribution in [1.29, 1.82) is 0 Å². The fourth-order valence-corrected chi connectivity index (χ4v) is 2.32. The predicted octanol–water partition coefficient (Wildman–Crippen LogP) is 4.69. The third-order valence-electron chi connectivity index (χ3n) is 2.87. The van der Waals surface area contributed by atoms with Gasteiger partial charge in [-0.1, -0.05) is 49.0 Å². The number of methoxy groups -OCH3 is 1. The van der Waals surface area contributed by atoms with Crippen molar-refractivity contribution < 1.29 is 9.53 Å². The Labute approximate surface area is 126 Å². The standard InChI is InChI=1S/C16H14BrNO2/c1-11(12-7-4-3-5-8-12)13-9-6-10-14(17)15(13)18-16(19)20-2/h3-10H,1H2,2H3,(H,18,19). The number of carbonyl (C=O) groups excluding carboxylic acids is 1. The molecule has 0 aliphatic carbocycles. The first-order chi connectivity index (χ1) is 9.63. The van der Waals surface area contributed by atoms with E-state index in [1.807, 2.05) is 48.5 Å². The average Bonchev–Trinajstić information content (AvgIpc) is 2.49. The summed E-state index contributed by atoms with van der Waals surface area (Å²) in [6.45, 7) is 4.12.